The fraction of sp³-hybridized carbons (Fsp3) is 0.600. The third kappa shape index (κ3) is 4.80. The van der Waals surface area contributed by atoms with Gasteiger partial charge in [-0.25, -0.2) is 4.39 Å². The van der Waals surface area contributed by atoms with Crippen LogP contribution in [-0.2, 0) is 6.54 Å². The first kappa shape index (κ1) is 15.9. The highest BCUT2D eigenvalue weighted by Crippen LogP contribution is 2.23. The number of benzene rings is 1. The van der Waals surface area contributed by atoms with Gasteiger partial charge in [-0.2, -0.15) is 0 Å². The average Bonchev–Trinajstić information content (AvgIpc) is 2.37. The molecule has 2 N–H and O–H groups in total. The van der Waals surface area contributed by atoms with Gasteiger partial charge in [0.2, 0.25) is 0 Å². The quantitative estimate of drug-likeness (QED) is 0.760. The van der Waals surface area contributed by atoms with Gasteiger partial charge in [-0.1, -0.05) is 19.9 Å². The van der Waals surface area contributed by atoms with Crippen LogP contribution in [0.15, 0.2) is 18.2 Å². The molecule has 0 unspecified atom stereocenters. The minimum Gasteiger partial charge on any atom is -0.395 e. The summed E-state index contributed by atoms with van der Waals surface area (Å²) < 4.78 is 14.0. The molecule has 0 aliphatic carbocycles. The normalized spacial score (nSPS) is 11.1. The van der Waals surface area contributed by atoms with Gasteiger partial charge in [0.25, 0.3) is 0 Å². The van der Waals surface area contributed by atoms with Crippen LogP contribution in [0.2, 0.25) is 0 Å². The summed E-state index contributed by atoms with van der Waals surface area (Å²) in [5.41, 5.74) is 1.55. The maximum absolute atomic E-state index is 14.0. The van der Waals surface area contributed by atoms with Crippen LogP contribution in [0.5, 0.6) is 0 Å². The smallest absolute Gasteiger partial charge is 0.129 e. The first-order valence-corrected chi connectivity index (χ1v) is 6.94. The molecule has 0 aromatic heterocycles. The first-order chi connectivity index (χ1) is 9.10. The Kier molecular flexibility index (Phi) is 6.81. The second-order valence-electron chi connectivity index (χ2n) is 5.07. The zero-order valence-electron chi connectivity index (χ0n) is 12.1. The number of likely N-dealkylation sites (N-methyl/N-ethyl adjacent to an activating group) is 1. The lowest BCUT2D eigenvalue weighted by Crippen LogP contribution is -2.29. The van der Waals surface area contributed by atoms with Gasteiger partial charge in [-0.05, 0) is 31.5 Å². The van der Waals surface area contributed by atoms with Crippen LogP contribution >= 0.6 is 0 Å². The van der Waals surface area contributed by atoms with E-state index in [1.54, 1.807) is 6.07 Å². The molecule has 0 amide bonds. The molecule has 108 valence electrons. The third-order valence-corrected chi connectivity index (χ3v) is 3.04. The van der Waals surface area contributed by atoms with Crippen LogP contribution in [0.3, 0.4) is 0 Å². The molecule has 0 saturated carbocycles. The van der Waals surface area contributed by atoms with E-state index >= 15 is 0 Å². The fourth-order valence-corrected chi connectivity index (χ4v) is 2.07. The molecule has 1 aromatic carbocycles. The van der Waals surface area contributed by atoms with Crippen LogP contribution in [0.25, 0.3) is 0 Å². The molecule has 0 saturated heterocycles. The molecule has 0 spiro atoms. The highest BCUT2D eigenvalue weighted by molar-refractivity contribution is 5.54. The molecule has 3 nitrogen and oxygen atoms in total. The van der Waals surface area contributed by atoms with Gasteiger partial charge in [0.05, 0.1) is 6.61 Å². The van der Waals surface area contributed by atoms with Gasteiger partial charge in [-0.15, -0.1) is 0 Å². The number of rotatable bonds is 8. The van der Waals surface area contributed by atoms with Crippen molar-refractivity contribution in [1.82, 2.24) is 5.32 Å². The van der Waals surface area contributed by atoms with Crippen LogP contribution in [0.4, 0.5) is 10.1 Å². The second-order valence-corrected chi connectivity index (χ2v) is 5.07. The van der Waals surface area contributed by atoms with Crippen LogP contribution in [0, 0.1) is 11.7 Å². The largest absolute Gasteiger partial charge is 0.395 e. The summed E-state index contributed by atoms with van der Waals surface area (Å²) in [6.45, 7) is 8.98. The molecule has 1 aromatic rings. The molecule has 0 radical (unpaired) electrons. The lowest BCUT2D eigenvalue weighted by atomic mass is 10.1. The van der Waals surface area contributed by atoms with E-state index in [-0.39, 0.29) is 12.4 Å². The van der Waals surface area contributed by atoms with Crippen molar-refractivity contribution in [1.29, 1.82) is 0 Å². The number of nitrogens with one attached hydrogen (secondary N) is 1. The molecular formula is C15H25FN2O. The summed E-state index contributed by atoms with van der Waals surface area (Å²) in [7, 11) is 0. The number of hydrogen-bond acceptors (Lipinski definition) is 3. The third-order valence-electron chi connectivity index (χ3n) is 3.04. The minimum absolute atomic E-state index is 0.0726. The number of nitrogens with zero attached hydrogens (tertiary/aromatic N) is 1. The Bertz CT molecular complexity index is 382. The predicted octanol–water partition coefficient (Wildman–Crippen LogP) is 2.39. The van der Waals surface area contributed by atoms with E-state index in [4.69, 9.17) is 5.11 Å². The van der Waals surface area contributed by atoms with E-state index in [0.717, 1.165) is 18.8 Å². The van der Waals surface area contributed by atoms with Crippen LogP contribution in [-0.4, -0.2) is 31.3 Å². The minimum atomic E-state index is -0.190. The Morgan fingerprint density at radius 1 is 1.37 bits per heavy atom. The van der Waals surface area contributed by atoms with Crippen molar-refractivity contribution in [3.8, 4) is 0 Å². The van der Waals surface area contributed by atoms with E-state index in [2.05, 4.69) is 19.2 Å². The summed E-state index contributed by atoms with van der Waals surface area (Å²) in [6, 6.07) is 5.12. The van der Waals surface area contributed by atoms with Gasteiger partial charge in [-0.3, -0.25) is 0 Å². The molecule has 4 heteroatoms. The number of anilines is 1. The van der Waals surface area contributed by atoms with Crippen molar-refractivity contribution in [3.05, 3.63) is 29.6 Å². The molecule has 19 heavy (non-hydrogen) atoms. The highest BCUT2D eigenvalue weighted by atomic mass is 19.1. The zero-order chi connectivity index (χ0) is 14.3. The van der Waals surface area contributed by atoms with Crippen molar-refractivity contribution in [2.24, 2.45) is 5.92 Å². The maximum Gasteiger partial charge on any atom is 0.129 e. The van der Waals surface area contributed by atoms with Crippen molar-refractivity contribution in [2.45, 2.75) is 27.3 Å². The lowest BCUT2D eigenvalue weighted by Gasteiger charge is -2.25. The maximum atomic E-state index is 14.0. The summed E-state index contributed by atoms with van der Waals surface area (Å²) in [4.78, 5) is 2.00. The topological polar surface area (TPSA) is 35.5 Å². The first-order valence-electron chi connectivity index (χ1n) is 6.94. The molecular weight excluding hydrogens is 243 g/mol. The highest BCUT2D eigenvalue weighted by Gasteiger charge is 2.13. The average molecular weight is 268 g/mol. The van der Waals surface area contributed by atoms with Crippen molar-refractivity contribution in [3.63, 3.8) is 0 Å². The van der Waals surface area contributed by atoms with E-state index in [1.165, 1.54) is 6.07 Å². The standard InChI is InChI=1S/C15H25FN2O/c1-4-18(8-9-19)15-7-5-6-14(16)13(15)11-17-10-12(2)3/h5-7,12,17,19H,4,8-11H2,1-3H3. The number of halogens is 1. The van der Waals surface area contributed by atoms with Gasteiger partial charge < -0.3 is 15.3 Å². The Labute approximate surface area is 115 Å². The SMILES string of the molecule is CCN(CCO)c1cccc(F)c1CNCC(C)C. The summed E-state index contributed by atoms with van der Waals surface area (Å²) in [5, 5.41) is 12.4. The monoisotopic (exact) mass is 268 g/mol. The van der Waals surface area contributed by atoms with E-state index in [9.17, 15) is 4.39 Å². The van der Waals surface area contributed by atoms with Crippen LogP contribution < -0.4 is 10.2 Å². The molecule has 1 rings (SSSR count). The Hall–Kier alpha value is -1.13. The van der Waals surface area contributed by atoms with Crippen molar-refractivity contribution >= 4 is 5.69 Å². The predicted molar refractivity (Wildman–Crippen MR) is 77.9 cm³/mol. The number of hydrogen-bond donors (Lipinski definition) is 2. The molecule has 0 aliphatic heterocycles. The molecule has 0 aliphatic rings. The van der Waals surface area contributed by atoms with Gasteiger partial charge in [0, 0.05) is 30.9 Å². The summed E-state index contributed by atoms with van der Waals surface area (Å²) in [5.74, 6) is 0.347. The van der Waals surface area contributed by atoms with Crippen molar-refractivity contribution in [2.75, 3.05) is 31.1 Å². The van der Waals surface area contributed by atoms with E-state index in [0.29, 0.717) is 24.6 Å². The second kappa shape index (κ2) is 8.12. The van der Waals surface area contributed by atoms with Crippen LogP contribution in [0.1, 0.15) is 26.3 Å². The number of aliphatic hydroxyl groups is 1. The molecule has 0 atom stereocenters. The fourth-order valence-electron chi connectivity index (χ4n) is 2.07. The lowest BCUT2D eigenvalue weighted by molar-refractivity contribution is 0.302. The summed E-state index contributed by atoms with van der Waals surface area (Å²) >= 11 is 0. The Morgan fingerprint density at radius 3 is 2.68 bits per heavy atom. The van der Waals surface area contributed by atoms with Gasteiger partial charge in [0.1, 0.15) is 5.82 Å². The molecule has 0 heterocycles. The van der Waals surface area contributed by atoms with Gasteiger partial charge >= 0.3 is 0 Å². The Balaban J connectivity index is 2.87. The van der Waals surface area contributed by atoms with Gasteiger partial charge in [0.15, 0.2) is 0 Å². The molecule has 0 fully saturated rings. The van der Waals surface area contributed by atoms with E-state index < -0.39 is 0 Å². The zero-order valence-corrected chi connectivity index (χ0v) is 12.1. The Morgan fingerprint density at radius 2 is 2.11 bits per heavy atom. The summed E-state index contributed by atoms with van der Waals surface area (Å²) in [6.07, 6.45) is 0. The van der Waals surface area contributed by atoms with Crippen molar-refractivity contribution < 1.29 is 9.50 Å². The number of aliphatic hydroxyl groups excluding tert-OH is 1. The molecule has 0 bridgehead atoms. The van der Waals surface area contributed by atoms with E-state index in [1.807, 2.05) is 17.9 Å².